The van der Waals surface area contributed by atoms with Crippen molar-refractivity contribution in [1.29, 1.82) is 0 Å². The third-order valence-electron chi connectivity index (χ3n) is 8.82. The number of aliphatic hydroxyl groups excluding tert-OH is 1. The summed E-state index contributed by atoms with van der Waals surface area (Å²) in [6.45, 7) is -6.27. The minimum atomic E-state index is -4.52. The number of halogens is 5. The number of benzene rings is 4. The highest BCUT2D eigenvalue weighted by atomic mass is 32.2. The van der Waals surface area contributed by atoms with Gasteiger partial charge in [0.25, 0.3) is 0 Å². The van der Waals surface area contributed by atoms with Gasteiger partial charge in [-0.3, -0.25) is 4.79 Å². The maximum absolute atomic E-state index is 15.0. The molecule has 4 aromatic carbocycles. The standard InChI is InChI=1S/C40H40F5N3O3S/c1-51-22-21-46-19-17-32(18-20-46)47(24-27-9-11-28(12-10-27)29-13-15-31(16-14-29)40(43,44)45)37(50)25-48-35-8-3-2-6-33(35)36(49)23-38(48)52-26-30-5-4-7-34(41)39(30)42/h2-16,23,32,36,49H,17-22,24-26H2,1H3/i1D3,21D2,25D2,26D2. The van der Waals surface area contributed by atoms with Crippen molar-refractivity contribution < 1.29 is 48.9 Å². The Hall–Kier alpha value is -4.23. The van der Waals surface area contributed by atoms with Crippen LogP contribution < -0.4 is 4.90 Å². The van der Waals surface area contributed by atoms with Crippen LogP contribution in [0, 0.1) is 11.6 Å². The molecule has 1 unspecified atom stereocenters. The lowest BCUT2D eigenvalue weighted by Gasteiger charge is -2.40. The molecule has 0 spiro atoms. The summed E-state index contributed by atoms with van der Waals surface area (Å²) >= 11 is 0.261. The molecule has 0 bridgehead atoms. The summed E-state index contributed by atoms with van der Waals surface area (Å²) in [6.07, 6.45) is -4.65. The second-order valence-corrected chi connectivity index (χ2v) is 13.0. The number of amides is 1. The normalized spacial score (nSPS) is 20.4. The molecule has 4 aromatic rings. The molecule has 2 aliphatic rings. The van der Waals surface area contributed by atoms with Crippen LogP contribution in [-0.4, -0.2) is 66.6 Å². The van der Waals surface area contributed by atoms with Crippen LogP contribution in [0.15, 0.2) is 102 Å². The van der Waals surface area contributed by atoms with Crippen LogP contribution in [0.2, 0.25) is 0 Å². The first-order valence-electron chi connectivity index (χ1n) is 20.8. The van der Waals surface area contributed by atoms with Gasteiger partial charge in [-0.25, -0.2) is 8.78 Å². The number of carbonyl (C=O) groups excluding carboxylic acids is 1. The van der Waals surface area contributed by atoms with Crippen molar-refractivity contribution in [3.63, 3.8) is 0 Å². The molecule has 6 nitrogen and oxygen atoms in total. The van der Waals surface area contributed by atoms with E-state index in [1.54, 1.807) is 30.3 Å². The van der Waals surface area contributed by atoms with Gasteiger partial charge in [0, 0.05) is 67.2 Å². The van der Waals surface area contributed by atoms with E-state index in [0.29, 0.717) is 16.7 Å². The van der Waals surface area contributed by atoms with Crippen LogP contribution in [0.5, 0.6) is 0 Å². The Morgan fingerprint density at radius 2 is 1.67 bits per heavy atom. The predicted octanol–water partition coefficient (Wildman–Crippen LogP) is 8.42. The number of thioether (sulfide) groups is 1. The molecule has 1 atom stereocenters. The monoisotopic (exact) mass is 746 g/mol. The Morgan fingerprint density at radius 3 is 2.37 bits per heavy atom. The lowest BCUT2D eigenvalue weighted by molar-refractivity contribution is -0.137. The Balaban J connectivity index is 1.35. The van der Waals surface area contributed by atoms with Crippen molar-refractivity contribution >= 4 is 23.4 Å². The first-order valence-corrected chi connectivity index (χ1v) is 17.1. The third kappa shape index (κ3) is 8.86. The number of hydrogen-bond acceptors (Lipinski definition) is 6. The van der Waals surface area contributed by atoms with E-state index in [-0.39, 0.29) is 60.5 Å². The predicted molar refractivity (Wildman–Crippen MR) is 193 cm³/mol. The fraction of sp³-hybridized carbons (Fsp3) is 0.325. The molecule has 0 radical (unpaired) electrons. The second-order valence-electron chi connectivity index (χ2n) is 12.1. The number of fused-ring (bicyclic) bond motifs is 1. The first-order chi connectivity index (χ1) is 28.4. The highest BCUT2D eigenvalue weighted by Gasteiger charge is 2.33. The molecule has 1 N–H and O–H groups in total. The molecule has 52 heavy (non-hydrogen) atoms. The molecule has 1 amide bonds. The van der Waals surface area contributed by atoms with Crippen LogP contribution in [-0.2, 0) is 28.0 Å². The summed E-state index contributed by atoms with van der Waals surface area (Å²) < 4.78 is 149. The summed E-state index contributed by atoms with van der Waals surface area (Å²) in [4.78, 5) is 18.5. The van der Waals surface area contributed by atoms with E-state index in [9.17, 15) is 34.6 Å². The largest absolute Gasteiger partial charge is 0.416 e. The molecule has 2 aliphatic heterocycles. The minimum absolute atomic E-state index is 0.000809. The molecule has 1 saturated heterocycles. The average molecular weight is 747 g/mol. The molecule has 274 valence electrons. The van der Waals surface area contributed by atoms with Crippen LogP contribution in [0.25, 0.3) is 11.1 Å². The minimum Gasteiger partial charge on any atom is -0.384 e. The molecule has 2 heterocycles. The Morgan fingerprint density at radius 1 is 0.981 bits per heavy atom. The van der Waals surface area contributed by atoms with E-state index < -0.39 is 79.3 Å². The van der Waals surface area contributed by atoms with Crippen molar-refractivity contribution in [2.24, 2.45) is 0 Å². The summed E-state index contributed by atoms with van der Waals surface area (Å²) in [7, 11) is -2.84. The molecule has 0 saturated carbocycles. The second kappa shape index (κ2) is 16.6. The maximum Gasteiger partial charge on any atom is 0.416 e. The molecule has 12 heteroatoms. The van der Waals surface area contributed by atoms with E-state index >= 15 is 0 Å². The number of alkyl halides is 3. The van der Waals surface area contributed by atoms with E-state index in [0.717, 1.165) is 41.3 Å². The number of aliphatic hydroxyl groups is 1. The summed E-state index contributed by atoms with van der Waals surface area (Å²) in [5.41, 5.74) is -2.59. The van der Waals surface area contributed by atoms with Crippen LogP contribution in [0.1, 0.15) is 53.5 Å². The molecule has 1 fully saturated rings. The lowest BCUT2D eigenvalue weighted by atomic mass is 9.99. The van der Waals surface area contributed by atoms with Crippen LogP contribution in [0.3, 0.4) is 0 Å². The number of methoxy groups -OCH3 is 1. The summed E-state index contributed by atoms with van der Waals surface area (Å²) in [5.74, 6) is -3.92. The Bertz CT molecular complexity index is 2240. The van der Waals surface area contributed by atoms with E-state index in [4.69, 9.17) is 14.3 Å². The zero-order chi connectivity index (χ0) is 44.7. The lowest BCUT2D eigenvalue weighted by Crippen LogP contribution is -2.50. The zero-order valence-corrected chi connectivity index (χ0v) is 28.4. The van der Waals surface area contributed by atoms with E-state index in [1.807, 2.05) is 0 Å². The maximum atomic E-state index is 15.0. The fourth-order valence-corrected chi connectivity index (χ4v) is 6.89. The highest BCUT2D eigenvalue weighted by Crippen LogP contribution is 2.41. The summed E-state index contributed by atoms with van der Waals surface area (Å²) in [5, 5.41) is 10.8. The number of ether oxygens (including phenoxy) is 1. The van der Waals surface area contributed by atoms with Crippen molar-refractivity contribution in [1.82, 2.24) is 9.80 Å². The molecular weight excluding hydrogens is 698 g/mol. The number of likely N-dealkylation sites (tertiary alicyclic amines) is 1. The SMILES string of the molecule is [2H]C([2H])([2H])OCC([2H])([2H])N1CCC(N(Cc2ccc(-c3ccc(C(F)(F)F)cc3)cc2)C(=O)C([2H])([2H])N2C(SC([2H])([2H])c3cccc(F)c3F)=CC(O)c3ccccc32)CC1. The van der Waals surface area contributed by atoms with Gasteiger partial charge in [-0.15, -0.1) is 11.8 Å². The number of nitrogens with zero attached hydrogens (tertiary/aromatic N) is 3. The first kappa shape index (κ1) is 27.4. The van der Waals surface area contributed by atoms with Crippen molar-refractivity contribution in [3.05, 3.63) is 136 Å². The average Bonchev–Trinajstić information content (AvgIpc) is 3.19. The van der Waals surface area contributed by atoms with Crippen LogP contribution >= 0.6 is 11.8 Å². The molecule has 6 rings (SSSR count). The highest BCUT2D eigenvalue weighted by molar-refractivity contribution is 8.02. The molecular formula is C40H40F5N3O3S. The van der Waals surface area contributed by atoms with E-state index in [1.165, 1.54) is 40.1 Å². The quantitative estimate of drug-likeness (QED) is 0.147. The molecule has 0 aromatic heterocycles. The molecule has 0 aliphatic carbocycles. The van der Waals surface area contributed by atoms with Gasteiger partial charge in [-0.2, -0.15) is 13.2 Å². The number of rotatable bonds is 12. The van der Waals surface area contributed by atoms with E-state index in [2.05, 4.69) is 0 Å². The number of piperidine rings is 1. The van der Waals surface area contributed by atoms with Gasteiger partial charge >= 0.3 is 6.18 Å². The zero-order valence-electron chi connectivity index (χ0n) is 36.5. The number of hydrogen-bond donors (Lipinski definition) is 1. The van der Waals surface area contributed by atoms with Gasteiger partial charge < -0.3 is 24.5 Å². The number of anilines is 1. The van der Waals surface area contributed by atoms with Crippen molar-refractivity contribution in [3.8, 4) is 11.1 Å². The topological polar surface area (TPSA) is 56.2 Å². The third-order valence-corrected chi connectivity index (χ3v) is 9.67. The van der Waals surface area contributed by atoms with Gasteiger partial charge in [0.15, 0.2) is 11.6 Å². The van der Waals surface area contributed by atoms with Gasteiger partial charge in [0.1, 0.15) is 12.6 Å². The summed E-state index contributed by atoms with van der Waals surface area (Å²) in [6, 6.07) is 19.2. The number of carbonyl (C=O) groups is 1. The van der Waals surface area contributed by atoms with Crippen molar-refractivity contribution in [2.75, 3.05) is 44.6 Å². The van der Waals surface area contributed by atoms with Gasteiger partial charge in [0.05, 0.1) is 24.1 Å². The Kier molecular flexibility index (Phi) is 8.76. The number of para-hydroxylation sites is 1. The van der Waals surface area contributed by atoms with Crippen molar-refractivity contribution in [2.45, 2.75) is 43.4 Å². The smallest absolute Gasteiger partial charge is 0.384 e. The van der Waals surface area contributed by atoms with Gasteiger partial charge in [-0.1, -0.05) is 66.7 Å². The van der Waals surface area contributed by atoms with Gasteiger partial charge in [-0.05, 0) is 59.9 Å². The van der Waals surface area contributed by atoms with Crippen LogP contribution in [0.4, 0.5) is 27.6 Å². The van der Waals surface area contributed by atoms with Gasteiger partial charge in [0.2, 0.25) is 5.91 Å². The Labute approximate surface area is 317 Å². The fourth-order valence-electron chi connectivity index (χ4n) is 6.08.